The summed E-state index contributed by atoms with van der Waals surface area (Å²) in [5.41, 5.74) is -0.125. The lowest BCUT2D eigenvalue weighted by molar-refractivity contribution is -0.130. The first-order valence-electron chi connectivity index (χ1n) is 7.65. The van der Waals surface area contributed by atoms with Crippen LogP contribution in [0.4, 0.5) is 0 Å². The molecule has 0 spiro atoms. The van der Waals surface area contributed by atoms with Gasteiger partial charge >= 0.3 is 0 Å². The highest BCUT2D eigenvalue weighted by Crippen LogP contribution is 2.31. The van der Waals surface area contributed by atoms with E-state index in [1.54, 1.807) is 0 Å². The Kier molecular flexibility index (Phi) is 4.66. The van der Waals surface area contributed by atoms with Crippen molar-refractivity contribution in [2.45, 2.75) is 52.4 Å². The van der Waals surface area contributed by atoms with Crippen molar-refractivity contribution in [1.82, 2.24) is 10.6 Å². The van der Waals surface area contributed by atoms with Crippen molar-refractivity contribution >= 4 is 5.91 Å². The topological polar surface area (TPSA) is 41.1 Å². The number of amides is 1. The van der Waals surface area contributed by atoms with Crippen molar-refractivity contribution in [3.63, 3.8) is 0 Å². The van der Waals surface area contributed by atoms with Crippen molar-refractivity contribution in [3.8, 4) is 0 Å². The number of nitrogens with one attached hydrogen (secondary N) is 2. The molecule has 2 aliphatic rings. The SMILES string of the molecule is CCC1(C(=O)NCC2CCCC(C)C2)CCNC1. The maximum Gasteiger partial charge on any atom is 0.227 e. The largest absolute Gasteiger partial charge is 0.355 e. The molecule has 2 fully saturated rings. The molecule has 0 aromatic rings. The van der Waals surface area contributed by atoms with Crippen LogP contribution in [-0.2, 0) is 4.79 Å². The quantitative estimate of drug-likeness (QED) is 0.806. The molecule has 3 unspecified atom stereocenters. The van der Waals surface area contributed by atoms with E-state index >= 15 is 0 Å². The minimum Gasteiger partial charge on any atom is -0.355 e. The predicted octanol–water partition coefficient (Wildman–Crippen LogP) is 2.32. The van der Waals surface area contributed by atoms with E-state index in [1.165, 1.54) is 25.7 Å². The molecule has 18 heavy (non-hydrogen) atoms. The molecule has 0 radical (unpaired) electrons. The van der Waals surface area contributed by atoms with Crippen LogP contribution in [-0.4, -0.2) is 25.5 Å². The summed E-state index contributed by atoms with van der Waals surface area (Å²) in [5, 5.41) is 6.56. The standard InChI is InChI=1S/C15H28N2O/c1-3-15(7-8-16-11-15)14(18)17-10-13-6-4-5-12(2)9-13/h12-13,16H,3-11H2,1-2H3,(H,17,18). The highest BCUT2D eigenvalue weighted by Gasteiger charge is 2.39. The van der Waals surface area contributed by atoms with E-state index in [0.29, 0.717) is 5.92 Å². The van der Waals surface area contributed by atoms with Crippen LogP contribution in [0.25, 0.3) is 0 Å². The molecule has 0 aromatic heterocycles. The van der Waals surface area contributed by atoms with Gasteiger partial charge in [-0.3, -0.25) is 4.79 Å². The van der Waals surface area contributed by atoms with Gasteiger partial charge in [-0.1, -0.05) is 26.7 Å². The summed E-state index contributed by atoms with van der Waals surface area (Å²) in [6.45, 7) is 7.21. The third-order valence-corrected chi connectivity index (χ3v) is 5.00. The van der Waals surface area contributed by atoms with Crippen LogP contribution in [0.3, 0.4) is 0 Å². The van der Waals surface area contributed by atoms with E-state index in [4.69, 9.17) is 0 Å². The molecule has 3 atom stereocenters. The molecule has 0 aromatic carbocycles. The Bertz CT molecular complexity index is 284. The fourth-order valence-corrected chi connectivity index (χ4v) is 3.57. The number of hydrogen-bond acceptors (Lipinski definition) is 2. The second-order valence-electron chi connectivity index (χ2n) is 6.41. The second kappa shape index (κ2) is 6.05. The molecular formula is C15H28N2O. The van der Waals surface area contributed by atoms with Crippen LogP contribution in [0.1, 0.15) is 52.4 Å². The van der Waals surface area contributed by atoms with Gasteiger partial charge in [-0.25, -0.2) is 0 Å². The molecule has 1 amide bonds. The molecule has 1 saturated heterocycles. The second-order valence-corrected chi connectivity index (χ2v) is 6.41. The summed E-state index contributed by atoms with van der Waals surface area (Å²) < 4.78 is 0. The Labute approximate surface area is 111 Å². The fourth-order valence-electron chi connectivity index (χ4n) is 3.57. The highest BCUT2D eigenvalue weighted by atomic mass is 16.2. The van der Waals surface area contributed by atoms with Gasteiger partial charge in [0.25, 0.3) is 0 Å². The van der Waals surface area contributed by atoms with Crippen LogP contribution < -0.4 is 10.6 Å². The van der Waals surface area contributed by atoms with Crippen LogP contribution in [0.2, 0.25) is 0 Å². The number of hydrogen-bond donors (Lipinski definition) is 2. The van der Waals surface area contributed by atoms with Crippen LogP contribution >= 0.6 is 0 Å². The summed E-state index contributed by atoms with van der Waals surface area (Å²) in [5.74, 6) is 1.84. The zero-order valence-electron chi connectivity index (χ0n) is 11.9. The molecule has 1 aliphatic heterocycles. The van der Waals surface area contributed by atoms with Gasteiger partial charge in [0.05, 0.1) is 5.41 Å². The first-order chi connectivity index (χ1) is 8.66. The summed E-state index contributed by atoms with van der Waals surface area (Å²) in [6.07, 6.45) is 7.23. The fraction of sp³-hybridized carbons (Fsp3) is 0.933. The van der Waals surface area contributed by atoms with Crippen molar-refractivity contribution < 1.29 is 4.79 Å². The maximum atomic E-state index is 12.4. The van der Waals surface area contributed by atoms with Crippen molar-refractivity contribution in [1.29, 1.82) is 0 Å². The Morgan fingerprint density at radius 1 is 1.44 bits per heavy atom. The van der Waals surface area contributed by atoms with Gasteiger partial charge in [-0.15, -0.1) is 0 Å². The maximum absolute atomic E-state index is 12.4. The first-order valence-corrected chi connectivity index (χ1v) is 7.65. The minimum atomic E-state index is -0.125. The lowest BCUT2D eigenvalue weighted by Crippen LogP contribution is -2.44. The Morgan fingerprint density at radius 3 is 2.89 bits per heavy atom. The van der Waals surface area contributed by atoms with Crippen LogP contribution in [0.15, 0.2) is 0 Å². The average molecular weight is 252 g/mol. The van der Waals surface area contributed by atoms with Gasteiger partial charge in [0.15, 0.2) is 0 Å². The van der Waals surface area contributed by atoms with E-state index < -0.39 is 0 Å². The third kappa shape index (κ3) is 3.05. The summed E-state index contributed by atoms with van der Waals surface area (Å²) >= 11 is 0. The minimum absolute atomic E-state index is 0.125. The van der Waals surface area contributed by atoms with Crippen LogP contribution in [0.5, 0.6) is 0 Å². The molecule has 1 saturated carbocycles. The Balaban J connectivity index is 1.80. The Hall–Kier alpha value is -0.570. The monoisotopic (exact) mass is 252 g/mol. The van der Waals surface area contributed by atoms with Gasteiger partial charge in [0.1, 0.15) is 0 Å². The lowest BCUT2D eigenvalue weighted by atomic mass is 9.81. The normalized spacial score (nSPS) is 36.6. The van der Waals surface area contributed by atoms with Gasteiger partial charge in [-0.05, 0) is 44.1 Å². The molecule has 1 heterocycles. The van der Waals surface area contributed by atoms with E-state index in [2.05, 4.69) is 24.5 Å². The van der Waals surface area contributed by atoms with Gasteiger partial charge in [0, 0.05) is 13.1 Å². The molecule has 3 heteroatoms. The first kappa shape index (κ1) is 13.9. The van der Waals surface area contributed by atoms with Crippen molar-refractivity contribution in [2.24, 2.45) is 17.3 Å². The summed E-state index contributed by atoms with van der Waals surface area (Å²) in [7, 11) is 0. The number of carbonyl (C=O) groups excluding carboxylic acids is 1. The molecule has 2 N–H and O–H groups in total. The van der Waals surface area contributed by atoms with E-state index in [1.807, 2.05) is 0 Å². The van der Waals surface area contributed by atoms with E-state index in [-0.39, 0.29) is 11.3 Å². The molecule has 104 valence electrons. The van der Waals surface area contributed by atoms with Gasteiger partial charge in [0.2, 0.25) is 5.91 Å². The lowest BCUT2D eigenvalue weighted by Gasteiger charge is -2.30. The van der Waals surface area contributed by atoms with Crippen molar-refractivity contribution in [3.05, 3.63) is 0 Å². The Morgan fingerprint density at radius 2 is 2.28 bits per heavy atom. The van der Waals surface area contributed by atoms with Gasteiger partial charge < -0.3 is 10.6 Å². The predicted molar refractivity (Wildman–Crippen MR) is 74.3 cm³/mol. The smallest absolute Gasteiger partial charge is 0.227 e. The highest BCUT2D eigenvalue weighted by molar-refractivity contribution is 5.83. The third-order valence-electron chi connectivity index (χ3n) is 5.00. The van der Waals surface area contributed by atoms with Gasteiger partial charge in [-0.2, -0.15) is 0 Å². The summed E-state index contributed by atoms with van der Waals surface area (Å²) in [4.78, 5) is 12.4. The molecule has 1 aliphatic carbocycles. The number of carbonyl (C=O) groups is 1. The average Bonchev–Trinajstić information content (AvgIpc) is 2.86. The summed E-state index contributed by atoms with van der Waals surface area (Å²) in [6, 6.07) is 0. The molecular weight excluding hydrogens is 224 g/mol. The molecule has 0 bridgehead atoms. The number of rotatable bonds is 4. The van der Waals surface area contributed by atoms with Crippen molar-refractivity contribution in [2.75, 3.05) is 19.6 Å². The zero-order valence-corrected chi connectivity index (χ0v) is 11.9. The molecule has 3 nitrogen and oxygen atoms in total. The molecule has 2 rings (SSSR count). The zero-order chi connectivity index (χ0) is 13.0. The van der Waals surface area contributed by atoms with Crippen LogP contribution in [0, 0.1) is 17.3 Å². The van der Waals surface area contributed by atoms with E-state index in [9.17, 15) is 4.79 Å². The van der Waals surface area contributed by atoms with E-state index in [0.717, 1.165) is 38.4 Å².